The lowest BCUT2D eigenvalue weighted by Gasteiger charge is -2.17. The van der Waals surface area contributed by atoms with Crippen molar-refractivity contribution in [1.29, 1.82) is 0 Å². The summed E-state index contributed by atoms with van der Waals surface area (Å²) in [6.07, 6.45) is 6.49. The number of nitrogens with zero attached hydrogens (tertiary/aromatic N) is 3. The highest BCUT2D eigenvalue weighted by Gasteiger charge is 2.16. The third-order valence-corrected chi connectivity index (χ3v) is 6.06. The minimum absolute atomic E-state index is 0.388. The van der Waals surface area contributed by atoms with E-state index >= 15 is 0 Å². The summed E-state index contributed by atoms with van der Waals surface area (Å²) in [7, 11) is 0.246. The summed E-state index contributed by atoms with van der Waals surface area (Å²) < 4.78 is 12.8. The van der Waals surface area contributed by atoms with Crippen LogP contribution in [0.2, 0.25) is 25.7 Å². The highest BCUT2D eigenvalue weighted by atomic mass is 28.3. The number of aromatic nitrogens is 3. The molecule has 0 atom stereocenters. The number of carbonyl (C=O) groups is 1. The number of esters is 1. The first-order valence-electron chi connectivity index (χ1n) is 9.52. The van der Waals surface area contributed by atoms with E-state index in [1.165, 1.54) is 13.3 Å². The van der Waals surface area contributed by atoms with Crippen molar-refractivity contribution in [2.45, 2.75) is 58.6 Å². The molecule has 0 fully saturated rings. The van der Waals surface area contributed by atoms with Gasteiger partial charge in [-0.2, -0.15) is 0 Å². The fourth-order valence-electron chi connectivity index (χ4n) is 2.62. The zero-order valence-electron chi connectivity index (χ0n) is 17.1. The SMILES string of the molecule is CCCCc1ncc(-c2ccc(C(=O)OC)cn2)n1COCC[Si](C)(C)C. The van der Waals surface area contributed by atoms with Crippen molar-refractivity contribution in [3.05, 3.63) is 35.9 Å². The Labute approximate surface area is 162 Å². The lowest BCUT2D eigenvalue weighted by molar-refractivity contribution is 0.0600. The molecule has 148 valence electrons. The molecule has 0 aliphatic heterocycles. The molecule has 0 bridgehead atoms. The van der Waals surface area contributed by atoms with Crippen molar-refractivity contribution in [2.24, 2.45) is 0 Å². The van der Waals surface area contributed by atoms with Gasteiger partial charge in [0.05, 0.1) is 30.3 Å². The molecule has 27 heavy (non-hydrogen) atoms. The minimum Gasteiger partial charge on any atom is -0.465 e. The topological polar surface area (TPSA) is 66.2 Å². The molecule has 0 aliphatic rings. The van der Waals surface area contributed by atoms with Crippen LogP contribution in [0.15, 0.2) is 24.5 Å². The molecule has 0 aromatic carbocycles. The number of ether oxygens (including phenoxy) is 2. The number of imidazole rings is 1. The summed E-state index contributed by atoms with van der Waals surface area (Å²) >= 11 is 0. The average Bonchev–Trinajstić information content (AvgIpc) is 3.05. The van der Waals surface area contributed by atoms with E-state index in [1.807, 2.05) is 12.3 Å². The lowest BCUT2D eigenvalue weighted by atomic mass is 10.2. The first-order chi connectivity index (χ1) is 12.9. The zero-order valence-corrected chi connectivity index (χ0v) is 18.1. The Kier molecular flexibility index (Phi) is 7.74. The molecule has 0 saturated heterocycles. The van der Waals surface area contributed by atoms with Crippen molar-refractivity contribution >= 4 is 14.0 Å². The van der Waals surface area contributed by atoms with Crippen LogP contribution < -0.4 is 0 Å². The molecular formula is C20H31N3O3Si. The van der Waals surface area contributed by atoms with Crippen LogP contribution in [0, 0.1) is 0 Å². The van der Waals surface area contributed by atoms with E-state index in [0.29, 0.717) is 12.3 Å². The van der Waals surface area contributed by atoms with Crippen molar-refractivity contribution in [1.82, 2.24) is 14.5 Å². The standard InChI is InChI=1S/C20H31N3O3Si/c1-6-7-8-19-22-14-18(23(19)15-26-11-12-27(3,4)5)17-10-9-16(13-21-17)20(24)25-2/h9-10,13-14H,6-8,11-12,15H2,1-5H3. The number of hydrogen-bond donors (Lipinski definition) is 0. The molecule has 2 aromatic rings. The second-order valence-corrected chi connectivity index (χ2v) is 13.5. The van der Waals surface area contributed by atoms with Gasteiger partial charge >= 0.3 is 5.97 Å². The molecule has 2 rings (SSSR count). The molecule has 0 spiro atoms. The molecule has 2 aromatic heterocycles. The predicted molar refractivity (Wildman–Crippen MR) is 110 cm³/mol. The predicted octanol–water partition coefficient (Wildman–Crippen LogP) is 4.39. The van der Waals surface area contributed by atoms with Crippen LogP contribution in [-0.4, -0.2) is 42.3 Å². The van der Waals surface area contributed by atoms with E-state index in [9.17, 15) is 4.79 Å². The number of carbonyl (C=O) groups excluding carboxylic acids is 1. The van der Waals surface area contributed by atoms with Gasteiger partial charge in [-0.1, -0.05) is 33.0 Å². The number of aryl methyl sites for hydroxylation is 1. The molecule has 0 aliphatic carbocycles. The molecule has 0 radical (unpaired) electrons. The molecule has 7 heteroatoms. The molecule has 6 nitrogen and oxygen atoms in total. The van der Waals surface area contributed by atoms with Gasteiger partial charge in [0, 0.05) is 27.3 Å². The van der Waals surface area contributed by atoms with Gasteiger partial charge < -0.3 is 14.0 Å². The average molecular weight is 390 g/mol. The van der Waals surface area contributed by atoms with E-state index < -0.39 is 8.07 Å². The van der Waals surface area contributed by atoms with E-state index in [1.54, 1.807) is 6.07 Å². The number of pyridine rings is 1. The fraction of sp³-hybridized carbons (Fsp3) is 0.550. The van der Waals surface area contributed by atoms with Crippen LogP contribution in [0.1, 0.15) is 35.9 Å². The van der Waals surface area contributed by atoms with Crippen LogP contribution in [0.5, 0.6) is 0 Å². The maximum atomic E-state index is 11.6. The normalized spacial score (nSPS) is 11.6. The minimum atomic E-state index is -1.12. The Balaban J connectivity index is 2.19. The van der Waals surface area contributed by atoms with E-state index in [0.717, 1.165) is 49.1 Å². The first-order valence-corrected chi connectivity index (χ1v) is 13.2. The number of hydrogen-bond acceptors (Lipinski definition) is 5. The smallest absolute Gasteiger partial charge is 0.339 e. The Morgan fingerprint density at radius 3 is 2.56 bits per heavy atom. The second kappa shape index (κ2) is 9.80. The number of methoxy groups -OCH3 is 1. The molecule has 2 heterocycles. The van der Waals surface area contributed by atoms with Crippen molar-refractivity contribution in [3.8, 4) is 11.4 Å². The summed E-state index contributed by atoms with van der Waals surface area (Å²) in [6, 6.07) is 4.68. The quantitative estimate of drug-likeness (QED) is 0.342. The maximum absolute atomic E-state index is 11.6. The molecular weight excluding hydrogens is 358 g/mol. The van der Waals surface area contributed by atoms with E-state index in [-0.39, 0.29) is 5.97 Å². The van der Waals surface area contributed by atoms with Crippen LogP contribution in [0.3, 0.4) is 0 Å². The van der Waals surface area contributed by atoms with Crippen molar-refractivity contribution in [2.75, 3.05) is 13.7 Å². The van der Waals surface area contributed by atoms with Gasteiger partial charge in [-0.05, 0) is 24.6 Å². The number of rotatable bonds is 10. The van der Waals surface area contributed by atoms with Gasteiger partial charge in [-0.3, -0.25) is 4.98 Å². The van der Waals surface area contributed by atoms with E-state index in [4.69, 9.17) is 9.47 Å². The Bertz CT molecular complexity index is 736. The van der Waals surface area contributed by atoms with Crippen LogP contribution in [0.4, 0.5) is 0 Å². The zero-order chi connectivity index (χ0) is 19.9. The van der Waals surface area contributed by atoms with Gasteiger partial charge in [0.25, 0.3) is 0 Å². The maximum Gasteiger partial charge on any atom is 0.339 e. The van der Waals surface area contributed by atoms with E-state index in [2.05, 4.69) is 41.1 Å². The van der Waals surface area contributed by atoms with Crippen LogP contribution in [-0.2, 0) is 22.6 Å². The highest BCUT2D eigenvalue weighted by molar-refractivity contribution is 6.76. The molecule has 0 N–H and O–H groups in total. The summed E-state index contributed by atoms with van der Waals surface area (Å²) in [5.74, 6) is 0.625. The summed E-state index contributed by atoms with van der Waals surface area (Å²) in [4.78, 5) is 20.6. The number of unbranched alkanes of at least 4 members (excludes halogenated alkanes) is 1. The molecule has 0 amide bonds. The monoisotopic (exact) mass is 389 g/mol. The van der Waals surface area contributed by atoms with Crippen LogP contribution in [0.25, 0.3) is 11.4 Å². The first kappa shape index (κ1) is 21.3. The Morgan fingerprint density at radius 2 is 1.96 bits per heavy atom. The Morgan fingerprint density at radius 1 is 1.19 bits per heavy atom. The largest absolute Gasteiger partial charge is 0.465 e. The third kappa shape index (κ3) is 6.29. The van der Waals surface area contributed by atoms with Gasteiger partial charge in [0.1, 0.15) is 12.6 Å². The summed E-state index contributed by atoms with van der Waals surface area (Å²) in [6.45, 7) is 10.4. The van der Waals surface area contributed by atoms with Crippen molar-refractivity contribution in [3.63, 3.8) is 0 Å². The van der Waals surface area contributed by atoms with Gasteiger partial charge in [-0.25, -0.2) is 9.78 Å². The fourth-order valence-corrected chi connectivity index (χ4v) is 3.37. The molecule has 0 saturated carbocycles. The second-order valence-electron chi connectivity index (χ2n) is 7.86. The van der Waals surface area contributed by atoms with Gasteiger partial charge in [-0.15, -0.1) is 0 Å². The van der Waals surface area contributed by atoms with Gasteiger partial charge in [0.2, 0.25) is 0 Å². The Hall–Kier alpha value is -1.99. The van der Waals surface area contributed by atoms with Crippen molar-refractivity contribution < 1.29 is 14.3 Å². The third-order valence-electron chi connectivity index (χ3n) is 4.36. The molecule has 0 unspecified atom stereocenters. The summed E-state index contributed by atoms with van der Waals surface area (Å²) in [5, 5.41) is 0. The highest BCUT2D eigenvalue weighted by Crippen LogP contribution is 2.21. The van der Waals surface area contributed by atoms with Crippen LogP contribution >= 0.6 is 0 Å². The summed E-state index contributed by atoms with van der Waals surface area (Å²) in [5.41, 5.74) is 2.11. The lowest BCUT2D eigenvalue weighted by Crippen LogP contribution is -2.22. The van der Waals surface area contributed by atoms with Gasteiger partial charge in [0.15, 0.2) is 0 Å².